The summed E-state index contributed by atoms with van der Waals surface area (Å²) in [5.74, 6) is 1.47. The van der Waals surface area contributed by atoms with E-state index in [1.54, 1.807) is 19.2 Å². The van der Waals surface area contributed by atoms with Crippen molar-refractivity contribution in [1.29, 1.82) is 0 Å². The van der Waals surface area contributed by atoms with Crippen molar-refractivity contribution in [3.05, 3.63) is 88.6 Å². The van der Waals surface area contributed by atoms with E-state index >= 15 is 0 Å². The smallest absolute Gasteiger partial charge is 0.293 e. The second-order valence-corrected chi connectivity index (χ2v) is 9.29. The van der Waals surface area contributed by atoms with Gasteiger partial charge in [-0.2, -0.15) is 0 Å². The molecule has 0 aliphatic rings. The summed E-state index contributed by atoms with van der Waals surface area (Å²) in [6, 6.07) is 22.1. The first-order valence-electron chi connectivity index (χ1n) is 10.9. The lowest BCUT2D eigenvalue weighted by Crippen LogP contribution is -2.34. The molecule has 0 atom stereocenters. The number of aryl methyl sites for hydroxylation is 1. The molecule has 2 aromatic heterocycles. The van der Waals surface area contributed by atoms with Crippen molar-refractivity contribution >= 4 is 56.0 Å². The van der Waals surface area contributed by atoms with E-state index in [9.17, 15) is 4.79 Å². The number of nitrogens with one attached hydrogen (secondary N) is 2. The molecule has 0 fully saturated rings. The molecule has 1 amide bonds. The summed E-state index contributed by atoms with van der Waals surface area (Å²) in [5, 5.41) is 5.89. The number of aromatic nitrogens is 1. The lowest BCUT2D eigenvalue weighted by atomic mass is 10.1. The zero-order valence-corrected chi connectivity index (χ0v) is 21.7. The SMILES string of the molecule is COc1ccc2oc(-c3ccc(C)c(NC(=S)NC(=O)c4ccc(-c5ccc(Br)cc5)o4)c3)nc2c1. The summed E-state index contributed by atoms with van der Waals surface area (Å²) < 4.78 is 17.9. The standard InChI is InChI=1S/C27H20BrN3O4S/c1-15-3-4-17(26-29-21-14-19(33-2)9-10-23(21)35-26)13-20(15)30-27(36)31-25(32)24-12-11-22(34-24)16-5-7-18(28)8-6-16/h3-14H,1-2H3,(H2,30,31,32,36). The number of halogens is 1. The third-order valence-electron chi connectivity index (χ3n) is 5.51. The van der Waals surface area contributed by atoms with Gasteiger partial charge in [-0.05, 0) is 73.2 Å². The van der Waals surface area contributed by atoms with Crippen LogP contribution in [0.4, 0.5) is 5.69 Å². The monoisotopic (exact) mass is 561 g/mol. The maximum absolute atomic E-state index is 12.7. The first kappa shape index (κ1) is 23.8. The number of amides is 1. The second-order valence-electron chi connectivity index (χ2n) is 7.96. The van der Waals surface area contributed by atoms with Gasteiger partial charge in [0, 0.05) is 27.4 Å². The molecule has 7 nitrogen and oxygen atoms in total. The minimum absolute atomic E-state index is 0.143. The Labute approximate surface area is 220 Å². The average molecular weight is 562 g/mol. The molecule has 0 bridgehead atoms. The number of ether oxygens (including phenoxy) is 1. The predicted molar refractivity (Wildman–Crippen MR) is 146 cm³/mol. The van der Waals surface area contributed by atoms with Crippen LogP contribution in [0.3, 0.4) is 0 Å². The van der Waals surface area contributed by atoms with E-state index in [4.69, 9.17) is 25.8 Å². The van der Waals surface area contributed by atoms with Gasteiger partial charge in [-0.3, -0.25) is 10.1 Å². The Bertz CT molecular complexity index is 1590. The van der Waals surface area contributed by atoms with Gasteiger partial charge in [0.2, 0.25) is 5.89 Å². The lowest BCUT2D eigenvalue weighted by Gasteiger charge is -2.12. The molecule has 2 N–H and O–H groups in total. The maximum Gasteiger partial charge on any atom is 0.293 e. The van der Waals surface area contributed by atoms with E-state index in [1.807, 2.05) is 67.6 Å². The van der Waals surface area contributed by atoms with E-state index in [2.05, 4.69) is 31.5 Å². The predicted octanol–water partition coefficient (Wildman–Crippen LogP) is 6.96. The normalized spacial score (nSPS) is 10.9. The van der Waals surface area contributed by atoms with Crippen LogP contribution in [0.5, 0.6) is 5.75 Å². The Morgan fingerprint density at radius 2 is 1.75 bits per heavy atom. The first-order chi connectivity index (χ1) is 17.4. The summed E-state index contributed by atoms with van der Waals surface area (Å²) in [6.45, 7) is 1.94. The van der Waals surface area contributed by atoms with Crippen molar-refractivity contribution in [3.63, 3.8) is 0 Å². The molecule has 0 saturated heterocycles. The fraction of sp³-hybridized carbons (Fsp3) is 0.0741. The molecule has 36 heavy (non-hydrogen) atoms. The summed E-state index contributed by atoms with van der Waals surface area (Å²) in [7, 11) is 1.61. The Kier molecular flexibility index (Phi) is 6.58. The summed E-state index contributed by atoms with van der Waals surface area (Å²) >= 11 is 8.79. The van der Waals surface area contributed by atoms with Gasteiger partial charge in [0.25, 0.3) is 5.91 Å². The quantitative estimate of drug-likeness (QED) is 0.224. The molecular weight excluding hydrogens is 542 g/mol. The Balaban J connectivity index is 1.29. The minimum Gasteiger partial charge on any atom is -0.497 e. The van der Waals surface area contributed by atoms with Crippen molar-refractivity contribution in [1.82, 2.24) is 10.3 Å². The molecule has 5 rings (SSSR count). The number of carbonyl (C=O) groups excluding carboxylic acids is 1. The number of carbonyl (C=O) groups is 1. The van der Waals surface area contributed by atoms with Crippen molar-refractivity contribution in [2.24, 2.45) is 0 Å². The molecule has 180 valence electrons. The minimum atomic E-state index is -0.447. The number of rotatable bonds is 5. The third-order valence-corrected chi connectivity index (χ3v) is 6.25. The van der Waals surface area contributed by atoms with Gasteiger partial charge >= 0.3 is 0 Å². The van der Waals surface area contributed by atoms with Gasteiger partial charge in [0.05, 0.1) is 7.11 Å². The molecule has 0 radical (unpaired) electrons. The lowest BCUT2D eigenvalue weighted by molar-refractivity contribution is 0.0951. The fourth-order valence-electron chi connectivity index (χ4n) is 3.59. The van der Waals surface area contributed by atoms with Gasteiger partial charge in [-0.1, -0.05) is 34.1 Å². The highest BCUT2D eigenvalue weighted by atomic mass is 79.9. The van der Waals surface area contributed by atoms with Gasteiger partial charge in [0.15, 0.2) is 16.5 Å². The Morgan fingerprint density at radius 3 is 2.53 bits per heavy atom. The van der Waals surface area contributed by atoms with Gasteiger partial charge < -0.3 is 18.9 Å². The van der Waals surface area contributed by atoms with Crippen LogP contribution in [0.1, 0.15) is 16.1 Å². The molecule has 0 spiro atoms. The highest BCUT2D eigenvalue weighted by Crippen LogP contribution is 2.30. The number of oxazole rings is 1. The van der Waals surface area contributed by atoms with Crippen LogP contribution in [-0.2, 0) is 0 Å². The number of hydrogen-bond donors (Lipinski definition) is 2. The van der Waals surface area contributed by atoms with Crippen molar-refractivity contribution in [3.8, 4) is 28.5 Å². The number of benzene rings is 3. The van der Waals surface area contributed by atoms with Gasteiger partial charge in [0.1, 0.15) is 17.0 Å². The van der Waals surface area contributed by atoms with Gasteiger partial charge in [-0.15, -0.1) is 0 Å². The highest BCUT2D eigenvalue weighted by molar-refractivity contribution is 9.10. The Hall–Kier alpha value is -3.95. The number of hydrogen-bond acceptors (Lipinski definition) is 6. The van der Waals surface area contributed by atoms with E-state index in [-0.39, 0.29) is 10.9 Å². The van der Waals surface area contributed by atoms with Crippen molar-refractivity contribution in [2.75, 3.05) is 12.4 Å². The molecule has 0 aliphatic carbocycles. The number of thiocarbonyl (C=S) groups is 1. The summed E-state index contributed by atoms with van der Waals surface area (Å²) in [6.07, 6.45) is 0. The average Bonchev–Trinajstić information content (AvgIpc) is 3.53. The summed E-state index contributed by atoms with van der Waals surface area (Å²) in [5.41, 5.74) is 4.63. The molecule has 0 saturated carbocycles. The van der Waals surface area contributed by atoms with Crippen LogP contribution in [0.2, 0.25) is 0 Å². The van der Waals surface area contributed by atoms with E-state index in [0.29, 0.717) is 34.2 Å². The second kappa shape index (κ2) is 9.96. The van der Waals surface area contributed by atoms with Crippen LogP contribution in [0.15, 0.2) is 86.1 Å². The molecule has 2 heterocycles. The number of nitrogens with zero attached hydrogens (tertiary/aromatic N) is 1. The van der Waals surface area contributed by atoms with Crippen LogP contribution < -0.4 is 15.4 Å². The number of furan rings is 1. The van der Waals surface area contributed by atoms with Crippen molar-refractivity contribution in [2.45, 2.75) is 6.92 Å². The molecule has 3 aromatic carbocycles. The zero-order chi connectivity index (χ0) is 25.2. The van der Waals surface area contributed by atoms with Crippen LogP contribution >= 0.6 is 28.1 Å². The molecule has 9 heteroatoms. The Morgan fingerprint density at radius 1 is 0.972 bits per heavy atom. The van der Waals surface area contributed by atoms with Crippen LogP contribution in [0.25, 0.3) is 33.9 Å². The highest BCUT2D eigenvalue weighted by Gasteiger charge is 2.15. The maximum atomic E-state index is 12.7. The molecule has 5 aromatic rings. The summed E-state index contributed by atoms with van der Waals surface area (Å²) in [4.78, 5) is 17.3. The van der Waals surface area contributed by atoms with Crippen LogP contribution in [0, 0.1) is 6.92 Å². The molecular formula is C27H20BrN3O4S. The molecule has 0 unspecified atom stereocenters. The van der Waals surface area contributed by atoms with Crippen molar-refractivity contribution < 1.29 is 18.4 Å². The first-order valence-corrected chi connectivity index (χ1v) is 12.1. The fourth-order valence-corrected chi connectivity index (χ4v) is 4.06. The van der Waals surface area contributed by atoms with E-state index in [0.717, 1.165) is 21.2 Å². The topological polar surface area (TPSA) is 89.5 Å². The van der Waals surface area contributed by atoms with Gasteiger partial charge in [-0.25, -0.2) is 4.98 Å². The van der Waals surface area contributed by atoms with Crippen LogP contribution in [-0.4, -0.2) is 23.1 Å². The van der Waals surface area contributed by atoms with E-state index < -0.39 is 5.91 Å². The zero-order valence-electron chi connectivity index (χ0n) is 19.3. The van der Waals surface area contributed by atoms with E-state index in [1.165, 1.54) is 0 Å². The molecule has 0 aliphatic heterocycles. The number of anilines is 1. The number of methoxy groups -OCH3 is 1. The number of fused-ring (bicyclic) bond motifs is 1. The third kappa shape index (κ3) is 5.02. The largest absolute Gasteiger partial charge is 0.497 e.